The van der Waals surface area contributed by atoms with Crippen molar-refractivity contribution in [2.24, 2.45) is 4.99 Å². The van der Waals surface area contributed by atoms with Crippen molar-refractivity contribution in [3.8, 4) is 44.5 Å². The predicted octanol–water partition coefficient (Wildman–Crippen LogP) is 23.1. The highest BCUT2D eigenvalue weighted by atomic mass is 14.9. The average Bonchev–Trinajstić information content (AvgIpc) is 1.53. The molecule has 482 valence electrons. The third-order valence-electron chi connectivity index (χ3n) is 19.7. The monoisotopic (exact) mass is 1250 g/mol. The molecule has 3 nitrogen and oxygen atoms in total. The lowest BCUT2D eigenvalue weighted by Gasteiger charge is -2.27. The molecule has 1 aliphatic carbocycles. The van der Waals surface area contributed by atoms with Crippen LogP contribution < -0.4 is 10.7 Å². The quantitative estimate of drug-likeness (QED) is 0.145. The van der Waals surface area contributed by atoms with E-state index in [1.807, 2.05) is 0 Å². The number of fused-ring (bicyclic) bond motifs is 8. The molecule has 0 spiro atoms. The van der Waals surface area contributed by atoms with Gasteiger partial charge in [0.1, 0.15) is 0 Å². The number of hydrogen-bond acceptors (Lipinski definition) is 1. The van der Waals surface area contributed by atoms with E-state index in [-0.39, 0.29) is 32.5 Å². The number of benzene rings is 9. The van der Waals surface area contributed by atoms with Gasteiger partial charge in [-0.25, -0.2) is 4.99 Å². The molecule has 2 aromatic heterocycles. The highest BCUT2D eigenvalue weighted by molar-refractivity contribution is 6.51. The van der Waals surface area contributed by atoms with Gasteiger partial charge in [0.15, 0.2) is 0 Å². The Balaban J connectivity index is 1.46. The zero-order chi connectivity index (χ0) is 68.0. The molecule has 1 aliphatic heterocycles. The fraction of sp³-hybridized carbons (Fsp3) is 0.258. The van der Waals surface area contributed by atoms with Crippen molar-refractivity contribution in [1.29, 1.82) is 0 Å². The second-order valence-corrected chi connectivity index (χ2v) is 33.0. The Hall–Kier alpha value is -9.57. The second-order valence-electron chi connectivity index (χ2n) is 33.0. The molecule has 2 aliphatic rings. The van der Waals surface area contributed by atoms with Gasteiger partial charge in [-0.1, -0.05) is 361 Å². The zero-order valence-corrected chi connectivity index (χ0v) is 60.0. The van der Waals surface area contributed by atoms with E-state index in [1.165, 1.54) is 33.4 Å². The fourth-order valence-corrected chi connectivity index (χ4v) is 14.0. The van der Waals surface area contributed by atoms with Gasteiger partial charge in [0.05, 0.1) is 33.5 Å². The minimum Gasteiger partial charge on any atom is -0.353 e. The van der Waals surface area contributed by atoms with Gasteiger partial charge >= 0.3 is 0 Å². The molecular formula is C93H95N3. The van der Waals surface area contributed by atoms with Gasteiger partial charge in [0.25, 0.3) is 0 Å². The summed E-state index contributed by atoms with van der Waals surface area (Å²) >= 11 is 0. The maximum atomic E-state index is 6.65. The first kappa shape index (κ1) is 65.1. The minimum absolute atomic E-state index is 0.215. The zero-order valence-electron chi connectivity index (χ0n) is 60.0. The van der Waals surface area contributed by atoms with Crippen molar-refractivity contribution in [3.63, 3.8) is 0 Å². The molecule has 0 amide bonds. The molecule has 96 heavy (non-hydrogen) atoms. The van der Waals surface area contributed by atoms with E-state index in [0.717, 1.165) is 134 Å². The summed E-state index contributed by atoms with van der Waals surface area (Å²) in [6.07, 6.45) is 0. The van der Waals surface area contributed by atoms with Gasteiger partial charge in [0.2, 0.25) is 0 Å². The summed E-state index contributed by atoms with van der Waals surface area (Å²) in [4.78, 5) is 15.9. The summed E-state index contributed by atoms with van der Waals surface area (Å²) in [6, 6.07) is 89.5. The highest BCUT2D eigenvalue weighted by Gasteiger charge is 2.39. The maximum Gasteiger partial charge on any atom is 0.0822 e. The Bertz CT molecular complexity index is 4910. The van der Waals surface area contributed by atoms with E-state index < -0.39 is 0 Å². The number of nitrogens with one attached hydrogen (secondary N) is 2. The smallest absolute Gasteiger partial charge is 0.0822 e. The third-order valence-corrected chi connectivity index (χ3v) is 19.7. The van der Waals surface area contributed by atoms with Crippen LogP contribution in [0.15, 0.2) is 247 Å². The first-order valence-electron chi connectivity index (χ1n) is 34.6. The van der Waals surface area contributed by atoms with Crippen molar-refractivity contribution < 1.29 is 0 Å². The van der Waals surface area contributed by atoms with Crippen molar-refractivity contribution >= 4 is 33.6 Å². The number of H-pyrrole nitrogens is 2. The first-order chi connectivity index (χ1) is 45.4. The molecule has 0 radical (unpaired) electrons. The van der Waals surface area contributed by atoms with Gasteiger partial charge in [-0.2, -0.15) is 0 Å². The molecule has 6 bridgehead atoms. The lowest BCUT2D eigenvalue weighted by Crippen LogP contribution is -2.24. The SMILES string of the molecule is CC(C)(C)c1cc(C2=C3N=C(C(c4ccccc4)=C3c3ccccc3)C(c3cc(C(C)(C)C)cc(C(C)(C)C)c3)=c3[nH]c(c(-c4ccccc4)c3-c3ccccc3)=C(c3cc(C(C)(C)C)cc(C(C)(C)C)c3)c3[nH]c2c(-c2ccccc2)c3-c2ccccc2)cc(C(C)(C)C)c1. The maximum absolute atomic E-state index is 6.65. The van der Waals surface area contributed by atoms with Crippen LogP contribution in [0, 0.1) is 0 Å². The Morgan fingerprint density at radius 1 is 0.219 bits per heavy atom. The van der Waals surface area contributed by atoms with Crippen LogP contribution in [-0.4, -0.2) is 15.7 Å². The second kappa shape index (κ2) is 24.3. The Morgan fingerprint density at radius 2 is 0.469 bits per heavy atom. The number of allylic oxidation sites excluding steroid dienone is 2. The van der Waals surface area contributed by atoms with Crippen molar-refractivity contribution in [2.75, 3.05) is 0 Å². The lowest BCUT2D eigenvalue weighted by atomic mass is 9.77. The number of aliphatic imine (C=N–C) groups is 1. The summed E-state index contributed by atoms with van der Waals surface area (Å²) in [5.74, 6) is 0. The molecule has 0 fully saturated rings. The molecule has 2 N–H and O–H groups in total. The Labute approximate surface area is 572 Å². The predicted molar refractivity (Wildman–Crippen MR) is 411 cm³/mol. The van der Waals surface area contributed by atoms with Gasteiger partial charge in [-0.3, -0.25) is 0 Å². The summed E-state index contributed by atoms with van der Waals surface area (Å²) in [7, 11) is 0. The molecular weight excluding hydrogens is 1160 g/mol. The lowest BCUT2D eigenvalue weighted by molar-refractivity contribution is 0.567. The molecule has 0 saturated heterocycles. The largest absolute Gasteiger partial charge is 0.353 e. The van der Waals surface area contributed by atoms with E-state index in [2.05, 4.69) is 371 Å². The van der Waals surface area contributed by atoms with Gasteiger partial charge in [-0.05, 0) is 116 Å². The van der Waals surface area contributed by atoms with E-state index >= 15 is 0 Å². The van der Waals surface area contributed by atoms with Crippen molar-refractivity contribution in [2.45, 2.75) is 157 Å². The van der Waals surface area contributed by atoms with Crippen molar-refractivity contribution in [1.82, 2.24) is 9.97 Å². The van der Waals surface area contributed by atoms with Crippen LogP contribution in [0.3, 0.4) is 0 Å². The van der Waals surface area contributed by atoms with Gasteiger partial charge < -0.3 is 9.97 Å². The minimum atomic E-state index is -0.221. The Morgan fingerprint density at radius 3 is 0.781 bits per heavy atom. The summed E-state index contributed by atoms with van der Waals surface area (Å²) in [5.41, 5.74) is 29.6. The Kier molecular flexibility index (Phi) is 16.5. The van der Waals surface area contributed by atoms with Crippen LogP contribution in [0.4, 0.5) is 0 Å². The van der Waals surface area contributed by atoms with Crippen LogP contribution in [0.2, 0.25) is 0 Å². The number of aromatic nitrogens is 2. The standard InChI is InChI=1S/C93H95N3/c1-88(2,3)67-49-64(50-68(55-67)89(4,5)6)79-82-73(58-37-25-19-26-38-58)75(60-41-29-21-30-42-60)84(94-82)80(65-51-69(90(7,8)9)56-70(52-65)91(10,11)12)86-77(62-45-33-23-34-46-62)78(63-47-35-24-36-48-63)87(96-86)81(66-53-71(92(13,14)15)57-72(54-66)93(16,17)18)85-76(61-43-31-22-32-44-61)74(83(79)95-85)59-39-27-20-28-40-59/h19-57,94-95H,1-18H3. The van der Waals surface area contributed by atoms with E-state index in [4.69, 9.17) is 4.99 Å². The molecule has 3 heteroatoms. The van der Waals surface area contributed by atoms with E-state index in [0.29, 0.717) is 0 Å². The first-order valence-corrected chi connectivity index (χ1v) is 34.6. The number of rotatable bonds is 9. The average molecular weight is 1250 g/mol. The van der Waals surface area contributed by atoms with E-state index in [1.54, 1.807) is 0 Å². The summed E-state index contributed by atoms with van der Waals surface area (Å²) in [5, 5.41) is 2.00. The van der Waals surface area contributed by atoms with Crippen LogP contribution in [0.1, 0.15) is 197 Å². The molecule has 3 heterocycles. The summed E-state index contributed by atoms with van der Waals surface area (Å²) in [6.45, 7) is 42.5. The number of nitrogens with zero attached hydrogens (tertiary/aromatic N) is 1. The summed E-state index contributed by atoms with van der Waals surface area (Å²) < 4.78 is 0. The van der Waals surface area contributed by atoms with Gasteiger partial charge in [-0.15, -0.1) is 0 Å². The molecule has 0 unspecified atom stereocenters. The van der Waals surface area contributed by atoms with Crippen LogP contribution >= 0.6 is 0 Å². The topological polar surface area (TPSA) is 43.9 Å². The molecule has 0 atom stereocenters. The normalized spacial score (nSPS) is 14.1. The number of hydrogen-bond donors (Lipinski definition) is 2. The molecule has 0 saturated carbocycles. The highest BCUT2D eigenvalue weighted by Crippen LogP contribution is 2.53. The fourth-order valence-electron chi connectivity index (χ4n) is 14.0. The number of aromatic amines is 2. The van der Waals surface area contributed by atoms with E-state index in [9.17, 15) is 0 Å². The molecule has 11 aromatic rings. The van der Waals surface area contributed by atoms with Crippen LogP contribution in [0.25, 0.3) is 72.4 Å². The molecule has 9 aromatic carbocycles. The molecule has 13 rings (SSSR count). The van der Waals surface area contributed by atoms with Crippen LogP contribution in [0.5, 0.6) is 0 Å². The van der Waals surface area contributed by atoms with Crippen molar-refractivity contribution in [3.05, 3.63) is 326 Å². The van der Waals surface area contributed by atoms with Gasteiger partial charge in [0, 0.05) is 50.1 Å². The third kappa shape index (κ3) is 12.3. The van der Waals surface area contributed by atoms with Crippen LogP contribution in [-0.2, 0) is 32.5 Å².